The van der Waals surface area contributed by atoms with Crippen LogP contribution in [-0.2, 0) is 24.2 Å². The van der Waals surface area contributed by atoms with Gasteiger partial charge < -0.3 is 25.4 Å². The Kier molecular flexibility index (Phi) is 9.99. The van der Waals surface area contributed by atoms with Gasteiger partial charge in [0.05, 0.1) is 6.61 Å². The molecule has 7 nitrogen and oxygen atoms in total. The van der Waals surface area contributed by atoms with Crippen LogP contribution in [0.5, 0.6) is 5.75 Å². The smallest absolute Gasteiger partial charge is 0.251 e. The van der Waals surface area contributed by atoms with E-state index in [4.69, 9.17) is 9.47 Å². The Morgan fingerprint density at radius 1 is 1.16 bits per heavy atom. The van der Waals surface area contributed by atoms with Crippen LogP contribution >= 0.6 is 24.0 Å². The SMILES string of the molecule is CN=C(NCCc1cccc(C(=O)NC)c1)NCCc1cc(F)cc2c1OCOC2.I. The topological polar surface area (TPSA) is 84.0 Å². The van der Waals surface area contributed by atoms with Gasteiger partial charge in [0.25, 0.3) is 5.91 Å². The minimum atomic E-state index is -0.292. The van der Waals surface area contributed by atoms with Crippen molar-refractivity contribution in [3.05, 3.63) is 64.5 Å². The van der Waals surface area contributed by atoms with Crippen LogP contribution < -0.4 is 20.7 Å². The Bertz CT molecular complexity index is 924. The average molecular weight is 542 g/mol. The molecule has 3 N–H and O–H groups in total. The number of hydrogen-bond acceptors (Lipinski definition) is 4. The Balaban J connectivity index is 0.00000341. The van der Waals surface area contributed by atoms with Crippen molar-refractivity contribution < 1.29 is 18.7 Å². The molecule has 1 amide bonds. The molecule has 0 unspecified atom stereocenters. The summed E-state index contributed by atoms with van der Waals surface area (Å²) in [5.74, 6) is 0.979. The molecular formula is C22H28FIN4O3. The van der Waals surface area contributed by atoms with Crippen molar-refractivity contribution >= 4 is 35.8 Å². The number of hydrogen-bond donors (Lipinski definition) is 3. The van der Waals surface area contributed by atoms with E-state index in [1.165, 1.54) is 12.1 Å². The molecule has 2 aromatic carbocycles. The second kappa shape index (κ2) is 12.5. The third-order valence-corrected chi connectivity index (χ3v) is 4.78. The quantitative estimate of drug-likeness (QED) is 0.285. The minimum absolute atomic E-state index is 0. The fraction of sp³-hybridized carbons (Fsp3) is 0.364. The van der Waals surface area contributed by atoms with E-state index in [9.17, 15) is 9.18 Å². The van der Waals surface area contributed by atoms with Crippen LogP contribution in [-0.4, -0.2) is 45.8 Å². The molecule has 3 rings (SSSR count). The van der Waals surface area contributed by atoms with E-state index in [-0.39, 0.29) is 42.5 Å². The Hall–Kier alpha value is -2.40. The van der Waals surface area contributed by atoms with Gasteiger partial charge >= 0.3 is 0 Å². The van der Waals surface area contributed by atoms with Gasteiger partial charge in [-0.2, -0.15) is 0 Å². The number of amides is 1. The highest BCUT2D eigenvalue weighted by Gasteiger charge is 2.16. The summed E-state index contributed by atoms with van der Waals surface area (Å²) in [4.78, 5) is 16.0. The summed E-state index contributed by atoms with van der Waals surface area (Å²) < 4.78 is 24.6. The molecule has 0 aromatic heterocycles. The molecule has 1 aliphatic rings. The zero-order valence-electron chi connectivity index (χ0n) is 17.7. The van der Waals surface area contributed by atoms with E-state index in [0.717, 1.165) is 23.1 Å². The van der Waals surface area contributed by atoms with Crippen LogP contribution in [0.4, 0.5) is 4.39 Å². The molecule has 0 atom stereocenters. The average Bonchev–Trinajstić information content (AvgIpc) is 2.77. The van der Waals surface area contributed by atoms with Gasteiger partial charge in [0, 0.05) is 38.3 Å². The molecular weight excluding hydrogens is 514 g/mol. The van der Waals surface area contributed by atoms with Crippen LogP contribution in [0.25, 0.3) is 0 Å². The predicted molar refractivity (Wildman–Crippen MR) is 129 cm³/mol. The van der Waals surface area contributed by atoms with Crippen LogP contribution in [0, 0.1) is 5.82 Å². The Labute approximate surface area is 198 Å². The van der Waals surface area contributed by atoms with E-state index in [1.807, 2.05) is 18.2 Å². The van der Waals surface area contributed by atoms with Gasteiger partial charge in [-0.15, -0.1) is 24.0 Å². The molecule has 168 valence electrons. The number of rotatable bonds is 7. The number of carbonyl (C=O) groups excluding carboxylic acids is 1. The van der Waals surface area contributed by atoms with Crippen molar-refractivity contribution in [1.29, 1.82) is 0 Å². The maximum Gasteiger partial charge on any atom is 0.251 e. The maximum absolute atomic E-state index is 13.8. The standard InChI is InChI=1S/C22H27FN4O3.HI/c1-24-21(28)17-5-3-4-15(10-17)6-8-26-22(25-2)27-9-7-16-11-19(23)12-18-13-29-14-30-20(16)18;/h3-5,10-12H,6-9,13-14H2,1-2H3,(H,24,28)(H2,25,26,27);1H. The summed E-state index contributed by atoms with van der Waals surface area (Å²) in [7, 11) is 3.32. The summed E-state index contributed by atoms with van der Waals surface area (Å²) in [6, 6.07) is 10.5. The second-order valence-electron chi connectivity index (χ2n) is 6.87. The number of halogens is 2. The molecule has 1 heterocycles. The van der Waals surface area contributed by atoms with Crippen LogP contribution in [0.1, 0.15) is 27.0 Å². The van der Waals surface area contributed by atoms with Gasteiger partial charge in [-0.25, -0.2) is 4.39 Å². The molecule has 2 aromatic rings. The number of nitrogens with zero attached hydrogens (tertiary/aromatic N) is 1. The van der Waals surface area contributed by atoms with Gasteiger partial charge in [-0.05, 0) is 48.2 Å². The first-order valence-electron chi connectivity index (χ1n) is 9.88. The maximum atomic E-state index is 13.8. The molecule has 9 heteroatoms. The van der Waals surface area contributed by atoms with Crippen LogP contribution in [0.2, 0.25) is 0 Å². The normalized spacial score (nSPS) is 12.8. The largest absolute Gasteiger partial charge is 0.467 e. The second-order valence-corrected chi connectivity index (χ2v) is 6.87. The zero-order valence-corrected chi connectivity index (χ0v) is 20.0. The summed E-state index contributed by atoms with van der Waals surface area (Å²) in [5.41, 5.74) is 3.24. The first-order valence-corrected chi connectivity index (χ1v) is 9.88. The minimum Gasteiger partial charge on any atom is -0.467 e. The van der Waals surface area contributed by atoms with Crippen molar-refractivity contribution in [1.82, 2.24) is 16.0 Å². The molecule has 0 spiro atoms. The van der Waals surface area contributed by atoms with E-state index >= 15 is 0 Å². The Morgan fingerprint density at radius 3 is 2.68 bits per heavy atom. The summed E-state index contributed by atoms with van der Waals surface area (Å²) in [5, 5.41) is 9.12. The summed E-state index contributed by atoms with van der Waals surface area (Å²) in [6.07, 6.45) is 1.34. The van der Waals surface area contributed by atoms with Crippen molar-refractivity contribution in [3.8, 4) is 5.75 Å². The van der Waals surface area contributed by atoms with Gasteiger partial charge in [0.1, 0.15) is 11.6 Å². The number of benzene rings is 2. The highest BCUT2D eigenvalue weighted by atomic mass is 127. The third-order valence-electron chi connectivity index (χ3n) is 4.78. The highest BCUT2D eigenvalue weighted by molar-refractivity contribution is 14.0. The molecule has 0 radical (unpaired) electrons. The fourth-order valence-electron chi connectivity index (χ4n) is 3.32. The molecule has 0 saturated carbocycles. The Morgan fingerprint density at radius 2 is 1.94 bits per heavy atom. The summed E-state index contributed by atoms with van der Waals surface area (Å²) in [6.45, 7) is 1.78. The third kappa shape index (κ3) is 7.06. The fourth-order valence-corrected chi connectivity index (χ4v) is 3.32. The van der Waals surface area contributed by atoms with E-state index in [1.54, 1.807) is 20.2 Å². The lowest BCUT2D eigenvalue weighted by Crippen LogP contribution is -2.39. The molecule has 0 aliphatic carbocycles. The lowest BCUT2D eigenvalue weighted by atomic mass is 10.1. The van der Waals surface area contributed by atoms with Gasteiger partial charge in [-0.3, -0.25) is 9.79 Å². The predicted octanol–water partition coefficient (Wildman–Crippen LogP) is 2.62. The van der Waals surface area contributed by atoms with Crippen molar-refractivity contribution in [2.75, 3.05) is 34.0 Å². The van der Waals surface area contributed by atoms with Gasteiger partial charge in [0.2, 0.25) is 0 Å². The lowest BCUT2D eigenvalue weighted by molar-refractivity contribution is -0.0172. The number of ether oxygens (including phenoxy) is 2. The van der Waals surface area contributed by atoms with Gasteiger partial charge in [-0.1, -0.05) is 12.1 Å². The number of fused-ring (bicyclic) bond motifs is 1. The van der Waals surface area contributed by atoms with E-state index in [0.29, 0.717) is 43.4 Å². The van der Waals surface area contributed by atoms with Crippen molar-refractivity contribution in [3.63, 3.8) is 0 Å². The number of guanidine groups is 1. The highest BCUT2D eigenvalue weighted by Crippen LogP contribution is 2.29. The van der Waals surface area contributed by atoms with E-state index < -0.39 is 0 Å². The van der Waals surface area contributed by atoms with Crippen LogP contribution in [0.15, 0.2) is 41.4 Å². The van der Waals surface area contributed by atoms with Crippen LogP contribution in [0.3, 0.4) is 0 Å². The summed E-state index contributed by atoms with van der Waals surface area (Å²) >= 11 is 0. The number of nitrogens with one attached hydrogen (secondary N) is 3. The lowest BCUT2D eigenvalue weighted by Gasteiger charge is -2.21. The van der Waals surface area contributed by atoms with Crippen molar-refractivity contribution in [2.45, 2.75) is 19.4 Å². The molecule has 0 saturated heterocycles. The molecule has 0 fully saturated rings. The van der Waals surface area contributed by atoms with Crippen molar-refractivity contribution in [2.24, 2.45) is 4.99 Å². The molecule has 1 aliphatic heterocycles. The number of carbonyl (C=O) groups is 1. The molecule has 31 heavy (non-hydrogen) atoms. The van der Waals surface area contributed by atoms with Gasteiger partial charge in [0.15, 0.2) is 12.8 Å². The molecule has 0 bridgehead atoms. The number of aliphatic imine (C=N–C) groups is 1. The first-order chi connectivity index (χ1) is 14.6. The monoisotopic (exact) mass is 542 g/mol. The first kappa shape index (κ1) is 24.9. The van der Waals surface area contributed by atoms with E-state index in [2.05, 4.69) is 20.9 Å². The zero-order chi connectivity index (χ0) is 21.3.